The van der Waals surface area contributed by atoms with Crippen molar-refractivity contribution in [2.75, 3.05) is 38.2 Å². The molecule has 0 aliphatic carbocycles. The van der Waals surface area contributed by atoms with Crippen LogP contribution in [0.3, 0.4) is 0 Å². The molecular formula is C23H30ClN5O2S. The van der Waals surface area contributed by atoms with Crippen LogP contribution in [-0.2, 0) is 6.54 Å². The molecule has 2 amide bonds. The fourth-order valence-electron chi connectivity index (χ4n) is 3.48. The lowest BCUT2D eigenvalue weighted by Crippen LogP contribution is -2.41. The average Bonchev–Trinajstić information content (AvgIpc) is 3.10. The average molecular weight is 476 g/mol. The van der Waals surface area contributed by atoms with Crippen molar-refractivity contribution in [3.63, 3.8) is 0 Å². The van der Waals surface area contributed by atoms with Crippen molar-refractivity contribution >= 4 is 45.0 Å². The fourth-order valence-corrected chi connectivity index (χ4v) is 4.53. The van der Waals surface area contributed by atoms with Gasteiger partial charge >= 0.3 is 6.03 Å². The molecule has 3 rings (SSSR count). The molecular weight excluding hydrogens is 446 g/mol. The number of amides is 2. The molecule has 32 heavy (non-hydrogen) atoms. The lowest BCUT2D eigenvalue weighted by Gasteiger charge is -2.27. The van der Waals surface area contributed by atoms with Crippen LogP contribution < -0.4 is 15.0 Å². The number of hydrogen-bond donors (Lipinski definition) is 1. The van der Waals surface area contributed by atoms with Gasteiger partial charge in [0.2, 0.25) is 5.88 Å². The number of ether oxygens (including phenoxy) is 1. The number of carbonyl (C=O) groups excluding carboxylic acids is 1. The van der Waals surface area contributed by atoms with E-state index in [-0.39, 0.29) is 12.6 Å². The highest BCUT2D eigenvalue weighted by Gasteiger charge is 2.16. The smallest absolute Gasteiger partial charge is 0.317 e. The van der Waals surface area contributed by atoms with Crippen molar-refractivity contribution in [2.24, 2.45) is 0 Å². The number of anilines is 1. The van der Waals surface area contributed by atoms with Gasteiger partial charge in [-0.15, -0.1) is 11.3 Å². The number of aryl methyl sites for hydroxylation is 2. The monoisotopic (exact) mass is 475 g/mol. The molecule has 1 aromatic carbocycles. The first-order valence-corrected chi connectivity index (χ1v) is 11.9. The molecule has 0 atom stereocenters. The number of thiophene rings is 1. The predicted octanol–water partition coefficient (Wildman–Crippen LogP) is 5.03. The maximum absolute atomic E-state index is 12.7. The number of benzene rings is 1. The van der Waals surface area contributed by atoms with Crippen LogP contribution in [0, 0.1) is 13.8 Å². The molecule has 0 aliphatic rings. The molecule has 3 aromatic rings. The molecule has 0 saturated heterocycles. The van der Waals surface area contributed by atoms with Crippen LogP contribution in [0.25, 0.3) is 10.3 Å². The van der Waals surface area contributed by atoms with Crippen molar-refractivity contribution in [3.8, 4) is 5.88 Å². The van der Waals surface area contributed by atoms with Crippen LogP contribution in [0.15, 0.2) is 24.3 Å². The second-order valence-corrected chi connectivity index (χ2v) is 9.32. The zero-order valence-electron chi connectivity index (χ0n) is 19.2. The Morgan fingerprint density at radius 1 is 1.12 bits per heavy atom. The summed E-state index contributed by atoms with van der Waals surface area (Å²) in [6.07, 6.45) is 0. The van der Waals surface area contributed by atoms with Crippen LogP contribution in [0.2, 0.25) is 4.34 Å². The van der Waals surface area contributed by atoms with E-state index in [2.05, 4.69) is 59.2 Å². The van der Waals surface area contributed by atoms with Gasteiger partial charge in [-0.05, 0) is 57.0 Å². The number of nitrogens with one attached hydrogen (secondary N) is 1. The molecule has 9 heteroatoms. The number of nitrogens with zero attached hydrogens (tertiary/aromatic N) is 4. The molecule has 0 spiro atoms. The maximum Gasteiger partial charge on any atom is 0.317 e. The van der Waals surface area contributed by atoms with E-state index in [0.29, 0.717) is 34.6 Å². The van der Waals surface area contributed by atoms with Gasteiger partial charge in [0.1, 0.15) is 16.0 Å². The van der Waals surface area contributed by atoms with Gasteiger partial charge in [0.15, 0.2) is 0 Å². The van der Waals surface area contributed by atoms with E-state index in [1.807, 2.05) is 6.92 Å². The van der Waals surface area contributed by atoms with E-state index in [9.17, 15) is 4.79 Å². The highest BCUT2D eigenvalue weighted by molar-refractivity contribution is 7.22. The van der Waals surface area contributed by atoms with E-state index < -0.39 is 0 Å². The molecule has 2 heterocycles. The summed E-state index contributed by atoms with van der Waals surface area (Å²) in [4.78, 5) is 26.5. The lowest BCUT2D eigenvalue weighted by molar-refractivity contribution is 0.209. The lowest BCUT2D eigenvalue weighted by atomic mass is 10.1. The number of aromatic nitrogens is 2. The van der Waals surface area contributed by atoms with Gasteiger partial charge in [0, 0.05) is 32.4 Å². The minimum absolute atomic E-state index is 0.171. The Hall–Kier alpha value is -2.58. The summed E-state index contributed by atoms with van der Waals surface area (Å²) in [6.45, 7) is 11.1. The van der Waals surface area contributed by atoms with Crippen LogP contribution in [0.1, 0.15) is 30.7 Å². The quantitative estimate of drug-likeness (QED) is 0.470. The second-order valence-electron chi connectivity index (χ2n) is 7.66. The Balaban J connectivity index is 1.61. The van der Waals surface area contributed by atoms with E-state index in [1.165, 1.54) is 28.2 Å². The van der Waals surface area contributed by atoms with Gasteiger partial charge in [-0.2, -0.15) is 0 Å². The standard InChI is InChI=1S/C23H30ClN5O2S/c1-6-29(17-11-15(3)10-16(4)12-17)9-8-28(5)23(30)25-14-19-21(31-7-2)26-18-13-20(24)32-22(18)27-19/h10-13H,6-9,14H2,1-5H3,(H,25,30). The number of halogens is 1. The van der Waals surface area contributed by atoms with E-state index in [1.54, 1.807) is 18.0 Å². The van der Waals surface area contributed by atoms with Crippen molar-refractivity contribution in [2.45, 2.75) is 34.2 Å². The van der Waals surface area contributed by atoms with Crippen molar-refractivity contribution < 1.29 is 9.53 Å². The molecule has 172 valence electrons. The Labute approximate surface area is 198 Å². The van der Waals surface area contributed by atoms with E-state index in [4.69, 9.17) is 16.3 Å². The highest BCUT2D eigenvalue weighted by atomic mass is 35.5. The molecule has 0 saturated carbocycles. The van der Waals surface area contributed by atoms with Crippen LogP contribution in [-0.4, -0.2) is 54.2 Å². The third-order valence-electron chi connectivity index (χ3n) is 5.06. The summed E-state index contributed by atoms with van der Waals surface area (Å²) in [6, 6.07) is 8.12. The number of urea groups is 1. The summed E-state index contributed by atoms with van der Waals surface area (Å²) in [7, 11) is 1.79. The van der Waals surface area contributed by atoms with Gasteiger partial charge in [-0.3, -0.25) is 0 Å². The largest absolute Gasteiger partial charge is 0.477 e. The van der Waals surface area contributed by atoms with Gasteiger partial charge in [0.05, 0.1) is 17.5 Å². The van der Waals surface area contributed by atoms with Gasteiger partial charge in [0.25, 0.3) is 0 Å². The molecule has 0 bridgehead atoms. The van der Waals surface area contributed by atoms with Gasteiger partial charge in [-0.1, -0.05) is 17.7 Å². The Bertz CT molecular complexity index is 1070. The molecule has 7 nitrogen and oxygen atoms in total. The van der Waals surface area contributed by atoms with Crippen molar-refractivity contribution in [1.29, 1.82) is 0 Å². The molecule has 0 radical (unpaired) electrons. The number of fused-ring (bicyclic) bond motifs is 1. The Kier molecular flexibility index (Phi) is 8.15. The molecule has 2 aromatic heterocycles. The summed E-state index contributed by atoms with van der Waals surface area (Å²) in [5.41, 5.74) is 4.93. The van der Waals surface area contributed by atoms with Gasteiger partial charge < -0.3 is 19.9 Å². The highest BCUT2D eigenvalue weighted by Crippen LogP contribution is 2.29. The summed E-state index contributed by atoms with van der Waals surface area (Å²) in [5, 5.41) is 2.93. The van der Waals surface area contributed by atoms with Crippen molar-refractivity contribution in [3.05, 3.63) is 45.4 Å². The predicted molar refractivity (Wildman–Crippen MR) is 132 cm³/mol. The second kappa shape index (κ2) is 10.8. The van der Waals surface area contributed by atoms with Crippen LogP contribution in [0.5, 0.6) is 5.88 Å². The van der Waals surface area contributed by atoms with Crippen molar-refractivity contribution in [1.82, 2.24) is 20.2 Å². The molecule has 1 N–H and O–H groups in total. The number of rotatable bonds is 9. The zero-order chi connectivity index (χ0) is 23.3. The minimum Gasteiger partial charge on any atom is -0.477 e. The summed E-state index contributed by atoms with van der Waals surface area (Å²) in [5.74, 6) is 0.421. The number of carbonyl (C=O) groups is 1. The van der Waals surface area contributed by atoms with Crippen LogP contribution >= 0.6 is 22.9 Å². The van der Waals surface area contributed by atoms with E-state index >= 15 is 0 Å². The number of likely N-dealkylation sites (N-methyl/N-ethyl adjacent to an activating group) is 2. The summed E-state index contributed by atoms with van der Waals surface area (Å²) < 4.78 is 6.24. The topological polar surface area (TPSA) is 70.6 Å². The maximum atomic E-state index is 12.7. The molecule has 0 fully saturated rings. The Morgan fingerprint density at radius 2 is 1.84 bits per heavy atom. The molecule has 0 unspecified atom stereocenters. The molecule has 0 aliphatic heterocycles. The first-order valence-electron chi connectivity index (χ1n) is 10.7. The van der Waals surface area contributed by atoms with Gasteiger partial charge in [-0.25, -0.2) is 14.8 Å². The minimum atomic E-state index is -0.171. The number of hydrogen-bond acceptors (Lipinski definition) is 6. The summed E-state index contributed by atoms with van der Waals surface area (Å²) >= 11 is 7.44. The Morgan fingerprint density at radius 3 is 2.50 bits per heavy atom. The normalized spacial score (nSPS) is 10.9. The SMILES string of the molecule is CCOc1nc2cc(Cl)sc2nc1CNC(=O)N(C)CCN(CC)c1cc(C)cc(C)c1. The third kappa shape index (κ3) is 6.01. The third-order valence-corrected chi connectivity index (χ3v) is 6.21. The van der Waals surface area contributed by atoms with Crippen LogP contribution in [0.4, 0.5) is 10.5 Å². The van der Waals surface area contributed by atoms with E-state index in [0.717, 1.165) is 17.9 Å². The fraction of sp³-hybridized carbons (Fsp3) is 0.435. The first-order chi connectivity index (χ1) is 15.3. The first kappa shape index (κ1) is 24.1. The zero-order valence-corrected chi connectivity index (χ0v) is 20.8.